The Bertz CT molecular complexity index is 395. The van der Waals surface area contributed by atoms with E-state index < -0.39 is 11.3 Å². The molecule has 0 heterocycles. The third kappa shape index (κ3) is 5.16. The lowest BCUT2D eigenvalue weighted by atomic mass is 10.2. The second-order valence-corrected chi connectivity index (χ2v) is 5.32. The van der Waals surface area contributed by atoms with Crippen LogP contribution in [0.25, 0.3) is 0 Å². The van der Waals surface area contributed by atoms with Crippen LogP contribution in [0.3, 0.4) is 0 Å². The summed E-state index contributed by atoms with van der Waals surface area (Å²) in [6, 6.07) is 2.84. The summed E-state index contributed by atoms with van der Waals surface area (Å²) in [6.45, 7) is 1.86. The predicted octanol–water partition coefficient (Wildman–Crippen LogP) is 4.56. The summed E-state index contributed by atoms with van der Waals surface area (Å²) in [4.78, 5) is 0. The molecule has 0 bridgehead atoms. The second-order valence-electron chi connectivity index (χ2n) is 3.30. The predicted molar refractivity (Wildman–Crippen MR) is 65.8 cm³/mol. The first-order valence-electron chi connectivity index (χ1n) is 4.70. The van der Waals surface area contributed by atoms with Crippen LogP contribution in [0.1, 0.15) is 5.56 Å². The Morgan fingerprint density at radius 2 is 2.00 bits per heavy atom. The molecule has 1 aromatic rings. The van der Waals surface area contributed by atoms with Crippen LogP contribution in [0.4, 0.5) is 23.2 Å². The quantitative estimate of drug-likeness (QED) is 0.641. The van der Waals surface area contributed by atoms with Crippen LogP contribution in [0.2, 0.25) is 0 Å². The van der Waals surface area contributed by atoms with Gasteiger partial charge in [0.15, 0.2) is 0 Å². The van der Waals surface area contributed by atoms with Gasteiger partial charge in [0.25, 0.3) is 0 Å². The van der Waals surface area contributed by atoms with Crippen molar-refractivity contribution in [3.63, 3.8) is 0 Å². The first-order valence-corrected chi connectivity index (χ1v) is 6.47. The van der Waals surface area contributed by atoms with Gasteiger partial charge in [-0.1, -0.05) is 0 Å². The van der Waals surface area contributed by atoms with E-state index >= 15 is 0 Å². The monoisotopic (exact) mass is 331 g/mol. The van der Waals surface area contributed by atoms with E-state index in [1.54, 1.807) is 6.92 Å². The molecule has 0 aliphatic heterocycles. The van der Waals surface area contributed by atoms with E-state index in [0.717, 1.165) is 0 Å². The first kappa shape index (κ1) is 14.6. The van der Waals surface area contributed by atoms with Gasteiger partial charge in [-0.3, -0.25) is 0 Å². The molecule has 1 N–H and O–H groups in total. The molecule has 0 aliphatic carbocycles. The van der Waals surface area contributed by atoms with Gasteiger partial charge in [-0.05, 0) is 52.3 Å². The topological polar surface area (TPSA) is 12.0 Å². The van der Waals surface area contributed by atoms with Crippen LogP contribution in [0.5, 0.6) is 0 Å². The minimum atomic E-state index is -4.21. The van der Waals surface area contributed by atoms with Crippen LogP contribution in [0, 0.1) is 12.7 Å². The number of hydrogen-bond acceptors (Lipinski definition) is 2. The molecular formula is C10H10BrF4NS. The molecule has 1 nitrogen and oxygen atoms in total. The molecule has 0 saturated carbocycles. The average Bonchev–Trinajstić information content (AvgIpc) is 2.18. The maximum Gasteiger partial charge on any atom is 0.441 e. The molecule has 7 heteroatoms. The van der Waals surface area contributed by atoms with Gasteiger partial charge in [-0.25, -0.2) is 4.39 Å². The third-order valence-corrected chi connectivity index (χ3v) is 3.29. The molecule has 0 unspecified atom stereocenters. The van der Waals surface area contributed by atoms with Crippen molar-refractivity contribution in [1.29, 1.82) is 0 Å². The lowest BCUT2D eigenvalue weighted by molar-refractivity contribution is -0.0327. The molecule has 0 atom stereocenters. The smallest absolute Gasteiger partial charge is 0.384 e. The van der Waals surface area contributed by atoms with Gasteiger partial charge in [0.2, 0.25) is 0 Å². The molecule has 0 spiro atoms. The summed E-state index contributed by atoms with van der Waals surface area (Å²) in [6.07, 6.45) is 0. The lowest BCUT2D eigenvalue weighted by Crippen LogP contribution is -2.10. The standard InChI is InChI=1S/C10H10BrF4NS/c1-6-4-8(12)7(11)5-9(6)16-2-3-17-10(13,14)15/h4-5,16H,2-3H2,1H3. The molecule has 0 amide bonds. The van der Waals surface area contributed by atoms with Gasteiger partial charge >= 0.3 is 5.51 Å². The summed E-state index contributed by atoms with van der Waals surface area (Å²) in [7, 11) is 0. The number of halogens is 5. The Balaban J connectivity index is 2.50. The second kappa shape index (κ2) is 5.95. The van der Waals surface area contributed by atoms with Gasteiger partial charge in [0.1, 0.15) is 5.82 Å². The summed E-state index contributed by atoms with van der Waals surface area (Å²) in [5.41, 5.74) is -2.93. The van der Waals surface area contributed by atoms with Gasteiger partial charge < -0.3 is 5.32 Å². The number of aryl methyl sites for hydroxylation is 1. The van der Waals surface area contributed by atoms with E-state index in [2.05, 4.69) is 21.2 Å². The van der Waals surface area contributed by atoms with E-state index in [-0.39, 0.29) is 28.5 Å². The van der Waals surface area contributed by atoms with Crippen LogP contribution >= 0.6 is 27.7 Å². The van der Waals surface area contributed by atoms with Crippen molar-refractivity contribution in [2.24, 2.45) is 0 Å². The Labute approximate surface area is 109 Å². The van der Waals surface area contributed by atoms with E-state index in [4.69, 9.17) is 0 Å². The summed E-state index contributed by atoms with van der Waals surface area (Å²) in [5.74, 6) is -0.476. The highest BCUT2D eigenvalue weighted by Crippen LogP contribution is 2.30. The summed E-state index contributed by atoms with van der Waals surface area (Å²) < 4.78 is 48.9. The molecule has 1 aromatic carbocycles. The highest BCUT2D eigenvalue weighted by molar-refractivity contribution is 9.10. The van der Waals surface area contributed by atoms with E-state index in [1.165, 1.54) is 12.1 Å². The molecule has 0 fully saturated rings. The number of nitrogens with one attached hydrogen (secondary N) is 1. The van der Waals surface area contributed by atoms with Crippen molar-refractivity contribution in [2.75, 3.05) is 17.6 Å². The summed E-state index contributed by atoms with van der Waals surface area (Å²) in [5, 5.41) is 2.84. The normalized spacial score (nSPS) is 11.6. The fourth-order valence-electron chi connectivity index (χ4n) is 1.19. The number of anilines is 1. The summed E-state index contributed by atoms with van der Waals surface area (Å²) >= 11 is 2.94. The fourth-order valence-corrected chi connectivity index (χ4v) is 1.97. The van der Waals surface area contributed by atoms with Crippen LogP contribution in [-0.2, 0) is 0 Å². The minimum Gasteiger partial charge on any atom is -0.384 e. The number of benzene rings is 1. The van der Waals surface area contributed by atoms with Gasteiger partial charge in [-0.15, -0.1) is 0 Å². The highest BCUT2D eigenvalue weighted by atomic mass is 79.9. The molecule has 0 aromatic heterocycles. The maximum atomic E-state index is 13.1. The molecule has 17 heavy (non-hydrogen) atoms. The largest absolute Gasteiger partial charge is 0.441 e. The van der Waals surface area contributed by atoms with Crippen molar-refractivity contribution in [1.82, 2.24) is 0 Å². The molecule has 1 rings (SSSR count). The van der Waals surface area contributed by atoms with Gasteiger partial charge in [0.05, 0.1) is 4.47 Å². The molecule has 0 radical (unpaired) electrons. The van der Waals surface area contributed by atoms with E-state index in [1.807, 2.05) is 0 Å². The van der Waals surface area contributed by atoms with Crippen molar-refractivity contribution >= 4 is 33.4 Å². The van der Waals surface area contributed by atoms with Crippen LogP contribution < -0.4 is 5.32 Å². The average molecular weight is 332 g/mol. The van der Waals surface area contributed by atoms with Crippen molar-refractivity contribution in [2.45, 2.75) is 12.4 Å². The fraction of sp³-hybridized carbons (Fsp3) is 0.400. The SMILES string of the molecule is Cc1cc(F)c(Br)cc1NCCSC(F)(F)F. The third-order valence-electron chi connectivity index (χ3n) is 1.95. The zero-order valence-corrected chi connectivity index (χ0v) is 11.3. The zero-order valence-electron chi connectivity index (χ0n) is 8.87. The van der Waals surface area contributed by atoms with Crippen LogP contribution in [-0.4, -0.2) is 17.8 Å². The van der Waals surface area contributed by atoms with Crippen LogP contribution in [0.15, 0.2) is 16.6 Å². The van der Waals surface area contributed by atoms with Crippen molar-refractivity contribution < 1.29 is 17.6 Å². The van der Waals surface area contributed by atoms with Crippen molar-refractivity contribution in [3.8, 4) is 0 Å². The molecule has 96 valence electrons. The maximum absolute atomic E-state index is 13.1. The Kier molecular flexibility index (Phi) is 5.12. The Morgan fingerprint density at radius 1 is 1.35 bits per heavy atom. The van der Waals surface area contributed by atoms with Gasteiger partial charge in [0, 0.05) is 18.0 Å². The molecule has 0 aliphatic rings. The Morgan fingerprint density at radius 3 is 2.59 bits per heavy atom. The van der Waals surface area contributed by atoms with Crippen molar-refractivity contribution in [3.05, 3.63) is 28.0 Å². The number of rotatable bonds is 4. The number of thioether (sulfide) groups is 1. The van der Waals surface area contributed by atoms with E-state index in [0.29, 0.717) is 11.3 Å². The first-order chi connectivity index (χ1) is 7.79. The molecule has 0 saturated heterocycles. The Hall–Kier alpha value is -0.430. The number of hydrogen-bond donors (Lipinski definition) is 1. The minimum absolute atomic E-state index is 0.0823. The number of alkyl halides is 3. The zero-order chi connectivity index (χ0) is 13.1. The molecular weight excluding hydrogens is 322 g/mol. The van der Waals surface area contributed by atoms with Gasteiger partial charge in [-0.2, -0.15) is 13.2 Å². The van der Waals surface area contributed by atoms with E-state index in [9.17, 15) is 17.6 Å². The lowest BCUT2D eigenvalue weighted by Gasteiger charge is -2.11. The highest BCUT2D eigenvalue weighted by Gasteiger charge is 2.27.